The maximum absolute atomic E-state index is 12.2. The van der Waals surface area contributed by atoms with Crippen molar-refractivity contribution in [2.24, 2.45) is 0 Å². The number of hydrogen-bond acceptors (Lipinski definition) is 3. The summed E-state index contributed by atoms with van der Waals surface area (Å²) in [6.45, 7) is 5.77. The number of amides is 2. The molecule has 0 heterocycles. The number of benzene rings is 2. The summed E-state index contributed by atoms with van der Waals surface area (Å²) in [7, 11) is 0. The minimum Gasteiger partial charge on any atom is -0.444 e. The van der Waals surface area contributed by atoms with Gasteiger partial charge < -0.3 is 15.4 Å². The van der Waals surface area contributed by atoms with Gasteiger partial charge in [0.05, 0.1) is 0 Å². The van der Waals surface area contributed by atoms with Crippen molar-refractivity contribution in [1.82, 2.24) is 5.32 Å². The van der Waals surface area contributed by atoms with Crippen LogP contribution in [0.2, 0.25) is 0 Å². The monoisotopic (exact) mass is 404 g/mol. The van der Waals surface area contributed by atoms with E-state index in [2.05, 4.69) is 26.6 Å². The van der Waals surface area contributed by atoms with Crippen LogP contribution in [-0.2, 0) is 11.3 Å². The molecular weight excluding hydrogens is 384 g/mol. The fourth-order valence-electron chi connectivity index (χ4n) is 2.03. The molecule has 2 rings (SSSR count). The van der Waals surface area contributed by atoms with Crippen LogP contribution >= 0.6 is 15.9 Å². The third kappa shape index (κ3) is 6.58. The van der Waals surface area contributed by atoms with Gasteiger partial charge in [0.15, 0.2) is 0 Å². The van der Waals surface area contributed by atoms with E-state index in [1.807, 2.05) is 45.0 Å². The molecule has 0 aromatic heterocycles. The quantitative estimate of drug-likeness (QED) is 0.773. The van der Waals surface area contributed by atoms with Gasteiger partial charge in [-0.1, -0.05) is 34.1 Å². The molecule has 0 aliphatic carbocycles. The van der Waals surface area contributed by atoms with Crippen molar-refractivity contribution in [2.45, 2.75) is 32.9 Å². The highest BCUT2D eigenvalue weighted by Gasteiger charge is 2.15. The molecule has 0 fully saturated rings. The molecule has 0 aliphatic rings. The fourth-order valence-corrected chi connectivity index (χ4v) is 2.43. The van der Waals surface area contributed by atoms with Gasteiger partial charge in [0.25, 0.3) is 5.91 Å². The van der Waals surface area contributed by atoms with E-state index in [0.717, 1.165) is 15.7 Å². The number of carbonyl (C=O) groups excluding carboxylic acids is 2. The van der Waals surface area contributed by atoms with E-state index >= 15 is 0 Å². The molecule has 2 amide bonds. The van der Waals surface area contributed by atoms with Crippen molar-refractivity contribution in [2.75, 3.05) is 5.32 Å². The summed E-state index contributed by atoms with van der Waals surface area (Å²) in [4.78, 5) is 23.9. The van der Waals surface area contributed by atoms with Gasteiger partial charge in [-0.2, -0.15) is 0 Å². The highest BCUT2D eigenvalue weighted by Crippen LogP contribution is 2.16. The molecule has 5 nitrogen and oxygen atoms in total. The topological polar surface area (TPSA) is 67.4 Å². The third-order valence-corrected chi connectivity index (χ3v) is 3.63. The van der Waals surface area contributed by atoms with Crippen molar-refractivity contribution in [3.63, 3.8) is 0 Å². The summed E-state index contributed by atoms with van der Waals surface area (Å²) in [5, 5.41) is 5.52. The molecule has 6 heteroatoms. The summed E-state index contributed by atoms with van der Waals surface area (Å²) in [5.41, 5.74) is 1.61. The summed E-state index contributed by atoms with van der Waals surface area (Å²) >= 11 is 3.37. The lowest BCUT2D eigenvalue weighted by atomic mass is 10.1. The lowest BCUT2D eigenvalue weighted by molar-refractivity contribution is 0.0523. The first kappa shape index (κ1) is 19.0. The SMILES string of the molecule is CC(C)(C)OC(=O)NCc1ccc(C(=O)Nc2cccc(Br)c2)cc1. The van der Waals surface area contributed by atoms with E-state index in [-0.39, 0.29) is 5.91 Å². The average Bonchev–Trinajstić information content (AvgIpc) is 2.52. The highest BCUT2D eigenvalue weighted by molar-refractivity contribution is 9.10. The molecule has 0 spiro atoms. The maximum atomic E-state index is 12.2. The van der Waals surface area contributed by atoms with Gasteiger partial charge >= 0.3 is 6.09 Å². The second-order valence-electron chi connectivity index (χ2n) is 6.52. The number of ether oxygens (including phenoxy) is 1. The van der Waals surface area contributed by atoms with Gasteiger partial charge in [0.1, 0.15) is 5.60 Å². The molecular formula is C19H21BrN2O3. The summed E-state index contributed by atoms with van der Waals surface area (Å²) in [6.07, 6.45) is -0.469. The molecule has 2 aromatic rings. The van der Waals surface area contributed by atoms with E-state index in [0.29, 0.717) is 12.1 Å². The molecule has 0 aliphatic heterocycles. The van der Waals surface area contributed by atoms with Gasteiger partial charge in [-0.15, -0.1) is 0 Å². The zero-order chi connectivity index (χ0) is 18.4. The minimum absolute atomic E-state index is 0.190. The van der Waals surface area contributed by atoms with E-state index in [9.17, 15) is 9.59 Å². The van der Waals surface area contributed by atoms with E-state index in [4.69, 9.17) is 4.74 Å². The number of anilines is 1. The molecule has 2 N–H and O–H groups in total. The maximum Gasteiger partial charge on any atom is 0.407 e. The highest BCUT2D eigenvalue weighted by atomic mass is 79.9. The first-order valence-corrected chi connectivity index (χ1v) is 8.65. The smallest absolute Gasteiger partial charge is 0.407 e. The second kappa shape index (κ2) is 8.16. The Labute approximate surface area is 155 Å². The Morgan fingerprint density at radius 2 is 1.76 bits per heavy atom. The average molecular weight is 405 g/mol. The number of rotatable bonds is 4. The van der Waals surface area contributed by atoms with Crippen LogP contribution in [0.4, 0.5) is 10.5 Å². The number of hydrogen-bond donors (Lipinski definition) is 2. The van der Waals surface area contributed by atoms with Crippen molar-refractivity contribution in [3.8, 4) is 0 Å². The van der Waals surface area contributed by atoms with Gasteiger partial charge in [-0.25, -0.2) is 4.79 Å². The molecule has 0 saturated heterocycles. The van der Waals surface area contributed by atoms with Crippen LogP contribution in [0.5, 0.6) is 0 Å². The van der Waals surface area contributed by atoms with Crippen LogP contribution in [0, 0.1) is 0 Å². The number of carbonyl (C=O) groups is 2. The molecule has 0 bridgehead atoms. The molecule has 0 atom stereocenters. The molecule has 25 heavy (non-hydrogen) atoms. The zero-order valence-electron chi connectivity index (χ0n) is 14.4. The van der Waals surface area contributed by atoms with Gasteiger partial charge in [0, 0.05) is 22.3 Å². The first-order valence-electron chi connectivity index (χ1n) is 7.86. The molecule has 2 aromatic carbocycles. The molecule has 0 saturated carbocycles. The van der Waals surface area contributed by atoms with Crippen LogP contribution in [0.15, 0.2) is 53.0 Å². The first-order chi connectivity index (χ1) is 11.7. The Kier molecular flexibility index (Phi) is 6.20. The standard InChI is InChI=1S/C19H21BrN2O3/c1-19(2,3)25-18(24)21-12-13-7-9-14(10-8-13)17(23)22-16-6-4-5-15(20)11-16/h4-11H,12H2,1-3H3,(H,21,24)(H,22,23). The Hall–Kier alpha value is -2.34. The van der Waals surface area contributed by atoms with Crippen molar-refractivity contribution in [1.29, 1.82) is 0 Å². The number of nitrogens with one attached hydrogen (secondary N) is 2. The Morgan fingerprint density at radius 1 is 1.08 bits per heavy atom. The van der Waals surface area contributed by atoms with E-state index < -0.39 is 11.7 Å². The van der Waals surface area contributed by atoms with Crippen LogP contribution in [0.1, 0.15) is 36.7 Å². The van der Waals surface area contributed by atoms with Crippen molar-refractivity contribution < 1.29 is 14.3 Å². The van der Waals surface area contributed by atoms with Crippen LogP contribution in [0.3, 0.4) is 0 Å². The van der Waals surface area contributed by atoms with Gasteiger partial charge in [-0.3, -0.25) is 4.79 Å². The second-order valence-corrected chi connectivity index (χ2v) is 7.43. The van der Waals surface area contributed by atoms with Crippen LogP contribution in [0.25, 0.3) is 0 Å². The molecule has 132 valence electrons. The number of alkyl carbamates (subject to hydrolysis) is 1. The largest absolute Gasteiger partial charge is 0.444 e. The molecule has 0 unspecified atom stereocenters. The van der Waals surface area contributed by atoms with Gasteiger partial charge in [-0.05, 0) is 56.7 Å². The third-order valence-electron chi connectivity index (χ3n) is 3.13. The predicted molar refractivity (Wildman–Crippen MR) is 102 cm³/mol. The van der Waals surface area contributed by atoms with E-state index in [1.54, 1.807) is 24.3 Å². The summed E-state index contributed by atoms with van der Waals surface area (Å²) < 4.78 is 6.08. The zero-order valence-corrected chi connectivity index (χ0v) is 16.0. The van der Waals surface area contributed by atoms with E-state index in [1.165, 1.54) is 0 Å². The Bertz CT molecular complexity index is 752. The Balaban J connectivity index is 1.91. The van der Waals surface area contributed by atoms with Crippen molar-refractivity contribution in [3.05, 3.63) is 64.1 Å². The minimum atomic E-state index is -0.529. The van der Waals surface area contributed by atoms with Gasteiger partial charge in [0.2, 0.25) is 0 Å². The normalized spacial score (nSPS) is 10.9. The lowest BCUT2D eigenvalue weighted by Gasteiger charge is -2.19. The predicted octanol–water partition coefficient (Wildman–Crippen LogP) is 4.73. The van der Waals surface area contributed by atoms with Crippen LogP contribution in [-0.4, -0.2) is 17.6 Å². The van der Waals surface area contributed by atoms with Crippen molar-refractivity contribution >= 4 is 33.6 Å². The fraction of sp³-hybridized carbons (Fsp3) is 0.263. The summed E-state index contributed by atoms with van der Waals surface area (Å²) in [5.74, 6) is -0.190. The summed E-state index contributed by atoms with van der Waals surface area (Å²) in [6, 6.07) is 14.4. The Morgan fingerprint density at radius 3 is 2.36 bits per heavy atom. The lowest BCUT2D eigenvalue weighted by Crippen LogP contribution is -2.32. The number of halogens is 1. The van der Waals surface area contributed by atoms with Crippen LogP contribution < -0.4 is 10.6 Å². The molecule has 0 radical (unpaired) electrons.